The molecule has 0 amide bonds. The van der Waals surface area contributed by atoms with Gasteiger partial charge in [-0.15, -0.1) is 0 Å². The van der Waals surface area contributed by atoms with Crippen molar-refractivity contribution in [1.82, 2.24) is 0 Å². The average molecular weight is 531 g/mol. The lowest BCUT2D eigenvalue weighted by Gasteiger charge is -2.19. The molecular weight excluding hydrogens is 500 g/mol. The quantitative estimate of drug-likeness (QED) is 0.215. The minimum atomic E-state index is -0.736. The number of esters is 3. The molecule has 0 unspecified atom stereocenters. The Hall–Kier alpha value is -4.43. The Bertz CT molecular complexity index is 1310. The van der Waals surface area contributed by atoms with Crippen LogP contribution in [0.1, 0.15) is 43.8 Å². The number of methoxy groups -OCH3 is 1. The molecule has 3 aromatic carbocycles. The van der Waals surface area contributed by atoms with Crippen molar-refractivity contribution >= 4 is 24.0 Å². The lowest BCUT2D eigenvalue weighted by Crippen LogP contribution is -2.32. The molecular formula is C31H30O8. The maximum Gasteiger partial charge on any atom is 0.338 e. The maximum atomic E-state index is 12.8. The van der Waals surface area contributed by atoms with Crippen LogP contribution < -0.4 is 4.74 Å². The monoisotopic (exact) mass is 530 g/mol. The van der Waals surface area contributed by atoms with Crippen molar-refractivity contribution in [1.29, 1.82) is 0 Å². The number of carbonyl (C=O) groups excluding carboxylic acids is 3. The van der Waals surface area contributed by atoms with Gasteiger partial charge in [0.05, 0.1) is 18.2 Å². The summed E-state index contributed by atoms with van der Waals surface area (Å²) in [7, 11) is 1.31. The molecule has 0 bridgehead atoms. The van der Waals surface area contributed by atoms with Gasteiger partial charge in [0.2, 0.25) is 6.29 Å². The summed E-state index contributed by atoms with van der Waals surface area (Å²) in [6, 6.07) is 21.1. The van der Waals surface area contributed by atoms with E-state index in [2.05, 4.69) is 4.74 Å². The van der Waals surface area contributed by atoms with Crippen LogP contribution in [0.15, 0.2) is 78.9 Å². The smallest absolute Gasteiger partial charge is 0.338 e. The summed E-state index contributed by atoms with van der Waals surface area (Å²) in [5.74, 6) is -0.922. The van der Waals surface area contributed by atoms with E-state index in [9.17, 15) is 14.4 Å². The standard InChI is InChI=1S/C31H30O8/c1-20-4-11-23(12-5-20)30(33)36-19-27-26(39-31(34)24-13-6-21(2)7-14-24)18-29(38-27)37-25-15-8-22(9-16-25)10-17-28(32)35-3/h4-17,26-27,29H,18-19H2,1-3H3/b17-10+/t26-,27+,29+/m0/s1. The third kappa shape index (κ3) is 7.78. The summed E-state index contributed by atoms with van der Waals surface area (Å²) < 4.78 is 27.8. The molecule has 0 N–H and O–H groups in total. The predicted octanol–water partition coefficient (Wildman–Crippen LogP) is 5.07. The summed E-state index contributed by atoms with van der Waals surface area (Å²) in [6.07, 6.45) is 1.04. The van der Waals surface area contributed by atoms with Crippen LogP contribution in [0.25, 0.3) is 6.08 Å². The van der Waals surface area contributed by atoms with Crippen LogP contribution >= 0.6 is 0 Å². The number of benzene rings is 3. The lowest BCUT2D eigenvalue weighted by atomic mass is 10.1. The second-order valence-electron chi connectivity index (χ2n) is 9.16. The van der Waals surface area contributed by atoms with E-state index < -0.39 is 36.4 Å². The number of rotatable bonds is 9. The van der Waals surface area contributed by atoms with Crippen molar-refractivity contribution in [3.63, 3.8) is 0 Å². The summed E-state index contributed by atoms with van der Waals surface area (Å²) in [5, 5.41) is 0. The maximum absolute atomic E-state index is 12.8. The average Bonchev–Trinajstić information content (AvgIpc) is 3.32. The molecule has 1 aliphatic rings. The zero-order valence-electron chi connectivity index (χ0n) is 22.0. The number of aryl methyl sites for hydroxylation is 2. The van der Waals surface area contributed by atoms with Crippen LogP contribution in [0.5, 0.6) is 5.75 Å². The van der Waals surface area contributed by atoms with Crippen molar-refractivity contribution in [3.05, 3.63) is 107 Å². The first-order valence-corrected chi connectivity index (χ1v) is 12.5. The molecule has 8 heteroatoms. The molecule has 1 saturated heterocycles. The van der Waals surface area contributed by atoms with Gasteiger partial charge in [-0.2, -0.15) is 0 Å². The number of hydrogen-bond donors (Lipinski definition) is 0. The third-order valence-electron chi connectivity index (χ3n) is 6.14. The van der Waals surface area contributed by atoms with Crippen LogP contribution in [0, 0.1) is 13.8 Å². The van der Waals surface area contributed by atoms with E-state index in [1.807, 2.05) is 38.1 Å². The zero-order chi connectivity index (χ0) is 27.8. The Balaban J connectivity index is 1.42. The molecule has 202 valence electrons. The number of hydrogen-bond acceptors (Lipinski definition) is 8. The minimum Gasteiger partial charge on any atom is -0.466 e. The summed E-state index contributed by atoms with van der Waals surface area (Å²) >= 11 is 0. The summed E-state index contributed by atoms with van der Waals surface area (Å²) in [4.78, 5) is 36.7. The van der Waals surface area contributed by atoms with Crippen molar-refractivity contribution in [2.24, 2.45) is 0 Å². The Morgan fingerprint density at radius 2 is 1.44 bits per heavy atom. The molecule has 0 radical (unpaired) electrons. The second-order valence-corrected chi connectivity index (χ2v) is 9.16. The van der Waals surface area contributed by atoms with Crippen molar-refractivity contribution < 1.29 is 38.1 Å². The summed E-state index contributed by atoms with van der Waals surface area (Å²) in [6.45, 7) is 3.75. The Morgan fingerprint density at radius 1 is 0.846 bits per heavy atom. The SMILES string of the molecule is COC(=O)/C=C/c1ccc(O[C@H]2C[C@H](OC(=O)c3ccc(C)cc3)[C@@H](COC(=O)c3ccc(C)cc3)O2)cc1. The van der Waals surface area contributed by atoms with Crippen LogP contribution in [0.4, 0.5) is 0 Å². The van der Waals surface area contributed by atoms with Gasteiger partial charge in [-0.1, -0.05) is 47.5 Å². The van der Waals surface area contributed by atoms with Crippen LogP contribution in [-0.4, -0.2) is 50.1 Å². The van der Waals surface area contributed by atoms with Crippen LogP contribution in [-0.2, 0) is 23.7 Å². The number of ether oxygens (including phenoxy) is 5. The Labute approximate surface area is 227 Å². The topological polar surface area (TPSA) is 97.4 Å². The van der Waals surface area contributed by atoms with Gasteiger partial charge in [0.15, 0.2) is 0 Å². The molecule has 4 rings (SSSR count). The second kappa shape index (κ2) is 12.9. The van der Waals surface area contributed by atoms with Gasteiger partial charge < -0.3 is 23.7 Å². The normalized spacial score (nSPS) is 18.5. The van der Waals surface area contributed by atoms with Gasteiger partial charge >= 0.3 is 17.9 Å². The predicted molar refractivity (Wildman–Crippen MR) is 143 cm³/mol. The highest BCUT2D eigenvalue weighted by Crippen LogP contribution is 2.28. The third-order valence-corrected chi connectivity index (χ3v) is 6.14. The van der Waals surface area contributed by atoms with Gasteiger partial charge in [0.25, 0.3) is 0 Å². The highest BCUT2D eigenvalue weighted by atomic mass is 16.7. The largest absolute Gasteiger partial charge is 0.466 e. The van der Waals surface area contributed by atoms with E-state index in [4.69, 9.17) is 18.9 Å². The zero-order valence-corrected chi connectivity index (χ0v) is 22.0. The lowest BCUT2D eigenvalue weighted by molar-refractivity contribution is -0.134. The first kappa shape index (κ1) is 27.6. The van der Waals surface area contributed by atoms with Gasteiger partial charge in [-0.25, -0.2) is 14.4 Å². The molecule has 1 aliphatic heterocycles. The first-order chi connectivity index (χ1) is 18.8. The molecule has 0 aromatic heterocycles. The Kier molecular flexibility index (Phi) is 9.12. The molecule has 8 nitrogen and oxygen atoms in total. The molecule has 1 fully saturated rings. The van der Waals surface area contributed by atoms with Gasteiger partial charge in [0, 0.05) is 12.5 Å². The fraction of sp³-hybridized carbons (Fsp3) is 0.258. The van der Waals surface area contributed by atoms with Crippen molar-refractivity contribution in [3.8, 4) is 5.75 Å². The van der Waals surface area contributed by atoms with Crippen molar-refractivity contribution in [2.45, 2.75) is 38.8 Å². The molecule has 39 heavy (non-hydrogen) atoms. The first-order valence-electron chi connectivity index (χ1n) is 12.5. The molecule has 3 aromatic rings. The van der Waals surface area contributed by atoms with Crippen molar-refractivity contribution in [2.75, 3.05) is 13.7 Å². The summed E-state index contributed by atoms with van der Waals surface area (Å²) in [5.41, 5.74) is 3.67. The van der Waals surface area contributed by atoms with E-state index in [1.165, 1.54) is 13.2 Å². The van der Waals surface area contributed by atoms with E-state index in [-0.39, 0.29) is 13.0 Å². The van der Waals surface area contributed by atoms with Crippen LogP contribution in [0.2, 0.25) is 0 Å². The minimum absolute atomic E-state index is 0.115. The molecule has 0 saturated carbocycles. The fourth-order valence-electron chi connectivity index (χ4n) is 3.89. The highest BCUT2D eigenvalue weighted by Gasteiger charge is 2.40. The molecule has 0 spiro atoms. The van der Waals surface area contributed by atoms with Crippen LogP contribution in [0.3, 0.4) is 0 Å². The molecule has 0 aliphatic carbocycles. The van der Waals surface area contributed by atoms with Gasteiger partial charge in [-0.3, -0.25) is 0 Å². The van der Waals surface area contributed by atoms with E-state index in [1.54, 1.807) is 54.6 Å². The molecule has 3 atom stereocenters. The van der Waals surface area contributed by atoms with E-state index >= 15 is 0 Å². The fourth-order valence-corrected chi connectivity index (χ4v) is 3.89. The van der Waals surface area contributed by atoms with Gasteiger partial charge in [0.1, 0.15) is 24.6 Å². The van der Waals surface area contributed by atoms with E-state index in [0.29, 0.717) is 16.9 Å². The Morgan fingerprint density at radius 3 is 2.03 bits per heavy atom. The number of carbonyl (C=O) groups is 3. The highest BCUT2D eigenvalue weighted by molar-refractivity contribution is 5.90. The molecule has 1 heterocycles. The van der Waals surface area contributed by atoms with E-state index in [0.717, 1.165) is 16.7 Å². The van der Waals surface area contributed by atoms with Gasteiger partial charge in [-0.05, 0) is 61.9 Å².